The standard InChI is InChI=1S/C14H19N5/c1-10-8-13(19-14(17-10)15-9-16-19)18-7-3-5-11-4-2-6-12(11)18/h8-9,11-12H,2-7H2,1H3/t11-,12-/m1/s1. The van der Waals surface area contributed by atoms with E-state index in [-0.39, 0.29) is 0 Å². The molecule has 0 spiro atoms. The van der Waals surface area contributed by atoms with Crippen LogP contribution in [-0.2, 0) is 0 Å². The van der Waals surface area contributed by atoms with Crippen LogP contribution >= 0.6 is 0 Å². The minimum Gasteiger partial charge on any atom is -0.353 e. The van der Waals surface area contributed by atoms with Gasteiger partial charge in [-0.25, -0.2) is 4.98 Å². The van der Waals surface area contributed by atoms with Crippen LogP contribution in [0.3, 0.4) is 0 Å². The highest BCUT2D eigenvalue weighted by atomic mass is 15.4. The smallest absolute Gasteiger partial charge is 0.254 e. The van der Waals surface area contributed by atoms with E-state index in [0.29, 0.717) is 6.04 Å². The maximum Gasteiger partial charge on any atom is 0.254 e. The molecule has 100 valence electrons. The van der Waals surface area contributed by atoms with E-state index in [0.717, 1.165) is 23.9 Å². The molecular weight excluding hydrogens is 238 g/mol. The van der Waals surface area contributed by atoms with Crippen molar-refractivity contribution in [2.45, 2.75) is 45.1 Å². The van der Waals surface area contributed by atoms with Crippen LogP contribution in [0.25, 0.3) is 5.78 Å². The van der Waals surface area contributed by atoms with Crippen LogP contribution in [0.1, 0.15) is 37.8 Å². The molecule has 1 saturated heterocycles. The van der Waals surface area contributed by atoms with Crippen molar-refractivity contribution in [2.24, 2.45) is 5.92 Å². The number of rotatable bonds is 1. The number of aromatic nitrogens is 4. The molecule has 1 aliphatic heterocycles. The number of aryl methyl sites for hydroxylation is 1. The molecule has 5 heteroatoms. The Morgan fingerprint density at radius 1 is 1.21 bits per heavy atom. The lowest BCUT2D eigenvalue weighted by molar-refractivity contribution is 0.359. The van der Waals surface area contributed by atoms with Crippen LogP contribution in [-0.4, -0.2) is 32.2 Å². The Labute approximate surface area is 112 Å². The van der Waals surface area contributed by atoms with Crippen LogP contribution < -0.4 is 4.90 Å². The summed E-state index contributed by atoms with van der Waals surface area (Å²) in [5.41, 5.74) is 1.02. The summed E-state index contributed by atoms with van der Waals surface area (Å²) in [7, 11) is 0. The van der Waals surface area contributed by atoms with Crippen LogP contribution in [0.5, 0.6) is 0 Å². The highest BCUT2D eigenvalue weighted by molar-refractivity contribution is 5.48. The summed E-state index contributed by atoms with van der Waals surface area (Å²) in [6.07, 6.45) is 8.37. The summed E-state index contributed by atoms with van der Waals surface area (Å²) in [5.74, 6) is 2.77. The van der Waals surface area contributed by atoms with Crippen LogP contribution in [0.2, 0.25) is 0 Å². The molecule has 0 unspecified atom stereocenters. The number of anilines is 1. The van der Waals surface area contributed by atoms with E-state index >= 15 is 0 Å². The fourth-order valence-electron chi connectivity index (χ4n) is 3.85. The topological polar surface area (TPSA) is 46.3 Å². The lowest BCUT2D eigenvalue weighted by Crippen LogP contribution is -2.43. The number of hydrogen-bond acceptors (Lipinski definition) is 4. The largest absolute Gasteiger partial charge is 0.353 e. The normalized spacial score (nSPS) is 26.9. The second-order valence-electron chi connectivity index (χ2n) is 5.82. The zero-order valence-corrected chi connectivity index (χ0v) is 11.3. The highest BCUT2D eigenvalue weighted by Gasteiger charge is 2.36. The van der Waals surface area contributed by atoms with Gasteiger partial charge in [-0.2, -0.15) is 14.6 Å². The maximum atomic E-state index is 4.44. The van der Waals surface area contributed by atoms with Crippen LogP contribution in [0, 0.1) is 12.8 Å². The zero-order valence-electron chi connectivity index (χ0n) is 11.3. The summed E-state index contributed by atoms with van der Waals surface area (Å²) in [4.78, 5) is 11.2. The molecule has 0 amide bonds. The summed E-state index contributed by atoms with van der Waals surface area (Å²) >= 11 is 0. The monoisotopic (exact) mass is 257 g/mol. The first kappa shape index (κ1) is 11.2. The van der Waals surface area contributed by atoms with Gasteiger partial charge < -0.3 is 4.90 Å². The van der Waals surface area contributed by atoms with Crippen molar-refractivity contribution in [1.29, 1.82) is 0 Å². The fourth-order valence-corrected chi connectivity index (χ4v) is 3.85. The number of hydrogen-bond donors (Lipinski definition) is 0. The van der Waals surface area contributed by atoms with Crippen molar-refractivity contribution in [2.75, 3.05) is 11.4 Å². The maximum absolute atomic E-state index is 4.44. The van der Waals surface area contributed by atoms with E-state index in [1.807, 2.05) is 11.4 Å². The van der Waals surface area contributed by atoms with Gasteiger partial charge in [0.25, 0.3) is 5.78 Å². The van der Waals surface area contributed by atoms with E-state index in [2.05, 4.69) is 26.0 Å². The SMILES string of the molecule is Cc1cc(N2CCC[C@H]3CCC[C@H]32)n2ncnc2n1. The summed E-state index contributed by atoms with van der Waals surface area (Å²) in [6.45, 7) is 3.17. The average Bonchev–Trinajstić information content (AvgIpc) is 3.04. The molecule has 2 aromatic heterocycles. The molecule has 2 aliphatic rings. The molecule has 3 heterocycles. The van der Waals surface area contributed by atoms with Crippen molar-refractivity contribution in [3.05, 3.63) is 18.1 Å². The number of nitrogens with zero attached hydrogens (tertiary/aromatic N) is 5. The van der Waals surface area contributed by atoms with Gasteiger partial charge in [0.2, 0.25) is 0 Å². The highest BCUT2D eigenvalue weighted by Crippen LogP contribution is 2.39. The minimum absolute atomic E-state index is 0.697. The molecule has 2 fully saturated rings. The van der Waals surface area contributed by atoms with Gasteiger partial charge >= 0.3 is 0 Å². The van der Waals surface area contributed by atoms with Gasteiger partial charge in [0.1, 0.15) is 12.1 Å². The summed E-state index contributed by atoms with van der Waals surface area (Å²) < 4.78 is 1.90. The lowest BCUT2D eigenvalue weighted by Gasteiger charge is -2.39. The molecule has 1 aliphatic carbocycles. The van der Waals surface area contributed by atoms with Crippen molar-refractivity contribution in [1.82, 2.24) is 19.6 Å². The van der Waals surface area contributed by atoms with Crippen LogP contribution in [0.15, 0.2) is 12.4 Å². The van der Waals surface area contributed by atoms with E-state index in [1.54, 1.807) is 6.33 Å². The Morgan fingerprint density at radius 3 is 3.05 bits per heavy atom. The molecule has 0 radical (unpaired) electrons. The fraction of sp³-hybridized carbons (Fsp3) is 0.643. The summed E-state index contributed by atoms with van der Waals surface area (Å²) in [5, 5.41) is 4.35. The molecule has 0 N–H and O–H groups in total. The van der Waals surface area contributed by atoms with Crippen molar-refractivity contribution in [3.63, 3.8) is 0 Å². The molecule has 0 bridgehead atoms. The van der Waals surface area contributed by atoms with Gasteiger partial charge in [-0.15, -0.1) is 0 Å². The van der Waals surface area contributed by atoms with Gasteiger partial charge in [0.15, 0.2) is 0 Å². The lowest BCUT2D eigenvalue weighted by atomic mass is 9.92. The quantitative estimate of drug-likeness (QED) is 0.785. The summed E-state index contributed by atoms with van der Waals surface area (Å²) in [6, 6.07) is 2.85. The van der Waals surface area contributed by atoms with Gasteiger partial charge in [-0.3, -0.25) is 0 Å². The second-order valence-corrected chi connectivity index (χ2v) is 5.82. The molecule has 1 saturated carbocycles. The van der Waals surface area contributed by atoms with Gasteiger partial charge in [0.05, 0.1) is 0 Å². The number of piperidine rings is 1. The van der Waals surface area contributed by atoms with Crippen molar-refractivity contribution >= 4 is 11.6 Å². The molecule has 4 rings (SSSR count). The van der Waals surface area contributed by atoms with Crippen molar-refractivity contribution < 1.29 is 0 Å². The molecular formula is C14H19N5. The van der Waals surface area contributed by atoms with Gasteiger partial charge in [0, 0.05) is 24.3 Å². The first-order valence-corrected chi connectivity index (χ1v) is 7.27. The third-order valence-electron chi connectivity index (χ3n) is 4.65. The predicted octanol–water partition coefficient (Wildman–Crippen LogP) is 2.20. The molecule has 2 aromatic rings. The Balaban J connectivity index is 1.82. The molecule has 5 nitrogen and oxygen atoms in total. The first-order chi connectivity index (χ1) is 9.33. The third kappa shape index (κ3) is 1.71. The molecule has 19 heavy (non-hydrogen) atoms. The van der Waals surface area contributed by atoms with E-state index in [1.165, 1.54) is 37.9 Å². The predicted molar refractivity (Wildman–Crippen MR) is 73.2 cm³/mol. The molecule has 0 aromatic carbocycles. The zero-order chi connectivity index (χ0) is 12.8. The Bertz CT molecular complexity index is 605. The minimum atomic E-state index is 0.697. The first-order valence-electron chi connectivity index (χ1n) is 7.27. The third-order valence-corrected chi connectivity index (χ3v) is 4.65. The van der Waals surface area contributed by atoms with E-state index in [9.17, 15) is 0 Å². The Kier molecular flexibility index (Phi) is 2.47. The Morgan fingerprint density at radius 2 is 2.11 bits per heavy atom. The van der Waals surface area contributed by atoms with E-state index in [4.69, 9.17) is 0 Å². The molecule has 2 atom stereocenters. The van der Waals surface area contributed by atoms with Gasteiger partial charge in [-0.1, -0.05) is 6.42 Å². The average molecular weight is 257 g/mol. The van der Waals surface area contributed by atoms with E-state index < -0.39 is 0 Å². The second kappa shape index (κ2) is 4.18. The van der Waals surface area contributed by atoms with Gasteiger partial charge in [-0.05, 0) is 38.5 Å². The number of fused-ring (bicyclic) bond motifs is 2. The van der Waals surface area contributed by atoms with Crippen molar-refractivity contribution in [3.8, 4) is 0 Å². The van der Waals surface area contributed by atoms with Crippen LogP contribution in [0.4, 0.5) is 5.82 Å². The Hall–Kier alpha value is -1.65.